The van der Waals surface area contributed by atoms with Crippen LogP contribution in [0.25, 0.3) is 0 Å². The summed E-state index contributed by atoms with van der Waals surface area (Å²) in [5.74, 6) is 0. The lowest BCUT2D eigenvalue weighted by molar-refractivity contribution is 0.548. The van der Waals surface area contributed by atoms with Crippen LogP contribution in [0.4, 0.5) is 0 Å². The molecule has 0 saturated heterocycles. The highest BCUT2D eigenvalue weighted by atomic mass is 14.9. The van der Waals surface area contributed by atoms with Crippen LogP contribution in [0, 0.1) is 0 Å². The molecular formula is C15H18N2. The third-order valence-corrected chi connectivity index (χ3v) is 2.82. The molecule has 1 heterocycles. The van der Waals surface area contributed by atoms with Crippen molar-refractivity contribution in [3.8, 4) is 0 Å². The van der Waals surface area contributed by atoms with E-state index < -0.39 is 0 Å². The third kappa shape index (κ3) is 3.40. The lowest BCUT2D eigenvalue weighted by Crippen LogP contribution is -2.23. The highest BCUT2D eigenvalue weighted by molar-refractivity contribution is 5.21. The van der Waals surface area contributed by atoms with Crippen molar-refractivity contribution in [3.05, 3.63) is 66.0 Å². The van der Waals surface area contributed by atoms with Gasteiger partial charge in [0.25, 0.3) is 0 Å². The first kappa shape index (κ1) is 11.8. The van der Waals surface area contributed by atoms with Gasteiger partial charge in [-0.15, -0.1) is 0 Å². The van der Waals surface area contributed by atoms with E-state index in [0.29, 0.717) is 6.04 Å². The van der Waals surface area contributed by atoms with Crippen LogP contribution in [0.15, 0.2) is 54.9 Å². The van der Waals surface area contributed by atoms with Gasteiger partial charge in [0.2, 0.25) is 0 Å². The number of rotatable bonds is 5. The van der Waals surface area contributed by atoms with Crippen LogP contribution >= 0.6 is 0 Å². The summed E-state index contributed by atoms with van der Waals surface area (Å²) in [6, 6.07) is 15.0. The summed E-state index contributed by atoms with van der Waals surface area (Å²) in [5.41, 5.74) is 2.60. The third-order valence-electron chi connectivity index (χ3n) is 2.82. The van der Waals surface area contributed by atoms with Gasteiger partial charge in [-0.2, -0.15) is 0 Å². The lowest BCUT2D eigenvalue weighted by atomic mass is 10.0. The first-order valence-corrected chi connectivity index (χ1v) is 6.07. The van der Waals surface area contributed by atoms with Crippen LogP contribution in [0.5, 0.6) is 0 Å². The first-order valence-electron chi connectivity index (χ1n) is 6.07. The zero-order chi connectivity index (χ0) is 11.9. The van der Waals surface area contributed by atoms with Crippen LogP contribution in [0.2, 0.25) is 0 Å². The molecule has 1 aromatic carbocycles. The lowest BCUT2D eigenvalue weighted by Gasteiger charge is -2.18. The van der Waals surface area contributed by atoms with Crippen molar-refractivity contribution in [2.45, 2.75) is 19.4 Å². The van der Waals surface area contributed by atoms with Gasteiger partial charge in [0.05, 0.1) is 0 Å². The molecule has 0 amide bonds. The second-order valence-corrected chi connectivity index (χ2v) is 4.09. The maximum atomic E-state index is 4.19. The van der Waals surface area contributed by atoms with E-state index in [9.17, 15) is 0 Å². The van der Waals surface area contributed by atoms with E-state index in [1.165, 1.54) is 11.1 Å². The summed E-state index contributed by atoms with van der Waals surface area (Å²) in [6.07, 6.45) is 4.76. The van der Waals surface area contributed by atoms with Crippen LogP contribution in [0.3, 0.4) is 0 Å². The Morgan fingerprint density at radius 1 is 1.12 bits per heavy atom. The first-order chi connectivity index (χ1) is 8.40. The molecule has 1 unspecified atom stereocenters. The van der Waals surface area contributed by atoms with E-state index in [1.807, 2.05) is 18.5 Å². The fraction of sp³-hybridized carbons (Fsp3) is 0.267. The Morgan fingerprint density at radius 2 is 1.94 bits per heavy atom. The van der Waals surface area contributed by atoms with Gasteiger partial charge in [0.1, 0.15) is 0 Å². The van der Waals surface area contributed by atoms with Crippen LogP contribution in [-0.4, -0.2) is 11.5 Å². The minimum atomic E-state index is 0.344. The minimum absolute atomic E-state index is 0.344. The van der Waals surface area contributed by atoms with Gasteiger partial charge in [-0.3, -0.25) is 4.98 Å². The van der Waals surface area contributed by atoms with E-state index >= 15 is 0 Å². The van der Waals surface area contributed by atoms with Gasteiger partial charge >= 0.3 is 0 Å². The number of nitrogens with one attached hydrogen (secondary N) is 1. The van der Waals surface area contributed by atoms with E-state index in [4.69, 9.17) is 0 Å². The summed E-state index contributed by atoms with van der Waals surface area (Å²) in [4.78, 5) is 4.19. The highest BCUT2D eigenvalue weighted by Crippen LogP contribution is 2.17. The van der Waals surface area contributed by atoms with Crippen LogP contribution in [-0.2, 0) is 6.42 Å². The van der Waals surface area contributed by atoms with Crippen LogP contribution in [0.1, 0.15) is 24.1 Å². The zero-order valence-electron chi connectivity index (χ0n) is 10.1. The number of likely N-dealkylation sites (N-methyl/N-ethyl adjacent to an activating group) is 1. The molecule has 0 bridgehead atoms. The molecule has 2 rings (SSSR count). The van der Waals surface area contributed by atoms with Crippen molar-refractivity contribution in [2.24, 2.45) is 0 Å². The van der Waals surface area contributed by atoms with E-state index in [1.54, 1.807) is 0 Å². The van der Waals surface area contributed by atoms with Gasteiger partial charge in [0.15, 0.2) is 0 Å². The number of pyridine rings is 1. The van der Waals surface area contributed by atoms with Crippen molar-refractivity contribution < 1.29 is 0 Å². The predicted octanol–water partition coefficient (Wildman–Crippen LogP) is 2.97. The maximum Gasteiger partial charge on any atom is 0.0376 e. The standard InChI is InChI=1S/C15H18N2/c1-2-17-15(14-9-6-10-16-12-14)11-13-7-4-3-5-8-13/h3-10,12,15,17H,2,11H2,1H3. The smallest absolute Gasteiger partial charge is 0.0376 e. The molecular weight excluding hydrogens is 208 g/mol. The van der Waals surface area contributed by atoms with Crippen molar-refractivity contribution in [3.63, 3.8) is 0 Å². The van der Waals surface area contributed by atoms with Gasteiger partial charge in [-0.05, 0) is 30.2 Å². The number of benzene rings is 1. The Hall–Kier alpha value is -1.67. The number of aromatic nitrogens is 1. The Kier molecular flexibility index (Phi) is 4.28. The van der Waals surface area contributed by atoms with Gasteiger partial charge in [-0.1, -0.05) is 43.3 Å². The Morgan fingerprint density at radius 3 is 2.59 bits per heavy atom. The van der Waals surface area contributed by atoms with Crippen molar-refractivity contribution in [1.82, 2.24) is 10.3 Å². The second kappa shape index (κ2) is 6.16. The molecule has 0 radical (unpaired) electrons. The molecule has 88 valence electrons. The molecule has 2 heteroatoms. The number of hydrogen-bond acceptors (Lipinski definition) is 2. The average molecular weight is 226 g/mol. The van der Waals surface area contributed by atoms with E-state index in [-0.39, 0.29) is 0 Å². The fourth-order valence-corrected chi connectivity index (χ4v) is 1.99. The average Bonchev–Trinajstić information content (AvgIpc) is 2.40. The van der Waals surface area contributed by atoms with Gasteiger partial charge in [-0.25, -0.2) is 0 Å². The van der Waals surface area contributed by atoms with Gasteiger partial charge < -0.3 is 5.32 Å². The maximum absolute atomic E-state index is 4.19. The Balaban J connectivity index is 2.13. The topological polar surface area (TPSA) is 24.9 Å². The van der Waals surface area contributed by atoms with Gasteiger partial charge in [0, 0.05) is 18.4 Å². The normalized spacial score (nSPS) is 12.3. The second-order valence-electron chi connectivity index (χ2n) is 4.09. The summed E-state index contributed by atoms with van der Waals surface area (Å²) in [7, 11) is 0. The van der Waals surface area contributed by atoms with E-state index in [2.05, 4.69) is 53.6 Å². The molecule has 2 aromatic rings. The predicted molar refractivity (Wildman–Crippen MR) is 70.8 cm³/mol. The van der Waals surface area contributed by atoms with Crippen molar-refractivity contribution >= 4 is 0 Å². The number of hydrogen-bond donors (Lipinski definition) is 1. The molecule has 0 saturated carbocycles. The summed E-state index contributed by atoms with van der Waals surface area (Å²) < 4.78 is 0. The van der Waals surface area contributed by atoms with E-state index in [0.717, 1.165) is 13.0 Å². The molecule has 0 aliphatic rings. The largest absolute Gasteiger partial charge is 0.310 e. The Labute approximate surface area is 103 Å². The Bertz CT molecular complexity index is 425. The molecule has 17 heavy (non-hydrogen) atoms. The molecule has 0 aliphatic carbocycles. The SMILES string of the molecule is CCNC(Cc1ccccc1)c1cccnc1. The molecule has 2 nitrogen and oxygen atoms in total. The fourth-order valence-electron chi connectivity index (χ4n) is 1.99. The van der Waals surface area contributed by atoms with Crippen molar-refractivity contribution in [2.75, 3.05) is 6.54 Å². The molecule has 1 atom stereocenters. The summed E-state index contributed by atoms with van der Waals surface area (Å²) in [5, 5.41) is 3.51. The number of nitrogens with zero attached hydrogens (tertiary/aromatic N) is 1. The molecule has 1 N–H and O–H groups in total. The minimum Gasteiger partial charge on any atom is -0.310 e. The molecule has 0 fully saturated rings. The monoisotopic (exact) mass is 226 g/mol. The van der Waals surface area contributed by atoms with Crippen LogP contribution < -0.4 is 5.32 Å². The zero-order valence-corrected chi connectivity index (χ0v) is 10.1. The van der Waals surface area contributed by atoms with Crippen molar-refractivity contribution in [1.29, 1.82) is 0 Å². The quantitative estimate of drug-likeness (QED) is 0.847. The molecule has 0 spiro atoms. The summed E-state index contributed by atoms with van der Waals surface area (Å²) >= 11 is 0. The highest BCUT2D eigenvalue weighted by Gasteiger charge is 2.10. The molecule has 0 aliphatic heterocycles. The summed E-state index contributed by atoms with van der Waals surface area (Å²) in [6.45, 7) is 3.10. The molecule has 1 aromatic heterocycles.